The van der Waals surface area contributed by atoms with Gasteiger partial charge in [0.2, 0.25) is 17.6 Å². The van der Waals surface area contributed by atoms with E-state index in [0.29, 0.717) is 36.2 Å². The van der Waals surface area contributed by atoms with Crippen molar-refractivity contribution in [1.82, 2.24) is 15.0 Å². The van der Waals surface area contributed by atoms with Gasteiger partial charge >= 0.3 is 0 Å². The summed E-state index contributed by atoms with van der Waals surface area (Å²) in [6, 6.07) is 6.22. The van der Waals surface area contributed by atoms with E-state index in [2.05, 4.69) is 17.1 Å². The smallest absolute Gasteiger partial charge is 0.227 e. The highest BCUT2D eigenvalue weighted by atomic mass is 19.1. The second kappa shape index (κ2) is 6.89. The molecule has 2 aromatic rings. The van der Waals surface area contributed by atoms with Gasteiger partial charge in [-0.2, -0.15) is 4.98 Å². The summed E-state index contributed by atoms with van der Waals surface area (Å²) in [7, 11) is 0. The number of nitrogens with zero attached hydrogens (tertiary/aromatic N) is 3. The topological polar surface area (TPSA) is 59.2 Å². The summed E-state index contributed by atoms with van der Waals surface area (Å²) in [5.41, 5.74) is 0.692. The largest absolute Gasteiger partial charge is 0.340 e. The Morgan fingerprint density at radius 3 is 2.87 bits per heavy atom. The fourth-order valence-corrected chi connectivity index (χ4v) is 2.90. The van der Waals surface area contributed by atoms with Gasteiger partial charge in [-0.15, -0.1) is 0 Å². The van der Waals surface area contributed by atoms with Crippen LogP contribution in [0.5, 0.6) is 0 Å². The molecule has 0 spiro atoms. The van der Waals surface area contributed by atoms with Gasteiger partial charge in [0.15, 0.2) is 0 Å². The van der Waals surface area contributed by atoms with E-state index in [1.165, 1.54) is 18.6 Å². The molecule has 0 saturated carbocycles. The zero-order valence-corrected chi connectivity index (χ0v) is 13.2. The molecule has 1 unspecified atom stereocenters. The van der Waals surface area contributed by atoms with Crippen molar-refractivity contribution < 1.29 is 13.7 Å². The lowest BCUT2D eigenvalue weighted by atomic mass is 10.0. The first-order valence-electron chi connectivity index (χ1n) is 8.01. The molecule has 1 aromatic carbocycles. The fourth-order valence-electron chi connectivity index (χ4n) is 2.90. The van der Waals surface area contributed by atoms with Crippen molar-refractivity contribution in [3.63, 3.8) is 0 Å². The van der Waals surface area contributed by atoms with Crippen molar-refractivity contribution in [2.45, 2.75) is 45.1 Å². The minimum absolute atomic E-state index is 0.138. The van der Waals surface area contributed by atoms with Crippen LogP contribution >= 0.6 is 0 Å². The van der Waals surface area contributed by atoms with Crippen molar-refractivity contribution in [3.05, 3.63) is 36.0 Å². The molecular weight excluding hydrogens is 297 g/mol. The third kappa shape index (κ3) is 3.75. The first kappa shape index (κ1) is 15.6. The van der Waals surface area contributed by atoms with Gasteiger partial charge in [-0.05, 0) is 50.5 Å². The van der Waals surface area contributed by atoms with E-state index in [9.17, 15) is 9.18 Å². The molecule has 0 N–H and O–H groups in total. The zero-order chi connectivity index (χ0) is 16.2. The Morgan fingerprint density at radius 1 is 1.35 bits per heavy atom. The molecule has 0 radical (unpaired) electrons. The van der Waals surface area contributed by atoms with Crippen molar-refractivity contribution in [1.29, 1.82) is 0 Å². The van der Waals surface area contributed by atoms with Crippen LogP contribution in [0.3, 0.4) is 0 Å². The second-order valence-corrected chi connectivity index (χ2v) is 5.95. The standard InChI is InChI=1S/C17H20FN3O2/c1-12-4-2-3-11-21(12)16(22)10-9-15-19-17(20-23-15)13-5-7-14(18)8-6-13/h5-8,12H,2-4,9-11H2,1H3. The Bertz CT molecular complexity index is 669. The molecule has 1 aliphatic rings. The van der Waals surface area contributed by atoms with E-state index in [-0.39, 0.29) is 11.7 Å². The summed E-state index contributed by atoms with van der Waals surface area (Å²) in [6.07, 6.45) is 4.13. The van der Waals surface area contributed by atoms with Crippen LogP contribution in [0.25, 0.3) is 11.4 Å². The number of piperidine rings is 1. The second-order valence-electron chi connectivity index (χ2n) is 5.95. The summed E-state index contributed by atoms with van der Waals surface area (Å²) in [4.78, 5) is 18.5. The molecule has 2 heterocycles. The van der Waals surface area contributed by atoms with Gasteiger partial charge in [-0.25, -0.2) is 4.39 Å². The number of benzene rings is 1. The van der Waals surface area contributed by atoms with Crippen molar-refractivity contribution >= 4 is 5.91 Å². The third-order valence-electron chi connectivity index (χ3n) is 4.25. The van der Waals surface area contributed by atoms with Crippen LogP contribution in [0.1, 0.15) is 38.5 Å². The van der Waals surface area contributed by atoms with Crippen LogP contribution in [0.2, 0.25) is 0 Å². The molecule has 122 valence electrons. The molecule has 1 fully saturated rings. The van der Waals surface area contributed by atoms with Gasteiger partial charge in [0.1, 0.15) is 5.82 Å². The monoisotopic (exact) mass is 317 g/mol. The minimum atomic E-state index is -0.307. The summed E-state index contributed by atoms with van der Waals surface area (Å²) >= 11 is 0. The van der Waals surface area contributed by atoms with Crippen molar-refractivity contribution in [2.24, 2.45) is 0 Å². The number of aromatic nitrogens is 2. The van der Waals surface area contributed by atoms with E-state index in [0.717, 1.165) is 19.4 Å². The van der Waals surface area contributed by atoms with Gasteiger partial charge in [0, 0.05) is 31.0 Å². The maximum Gasteiger partial charge on any atom is 0.227 e. The number of hydrogen-bond acceptors (Lipinski definition) is 4. The first-order chi connectivity index (χ1) is 11.1. The SMILES string of the molecule is CC1CCCCN1C(=O)CCc1nc(-c2ccc(F)cc2)no1. The lowest BCUT2D eigenvalue weighted by Gasteiger charge is -2.33. The number of halogens is 1. The van der Waals surface area contributed by atoms with Crippen LogP contribution in [0, 0.1) is 5.82 Å². The maximum atomic E-state index is 12.9. The highest BCUT2D eigenvalue weighted by Crippen LogP contribution is 2.19. The average molecular weight is 317 g/mol. The Kier molecular flexibility index (Phi) is 4.69. The van der Waals surface area contributed by atoms with E-state index < -0.39 is 0 Å². The Morgan fingerprint density at radius 2 is 2.13 bits per heavy atom. The first-order valence-corrected chi connectivity index (χ1v) is 8.01. The van der Waals surface area contributed by atoms with E-state index in [1.54, 1.807) is 12.1 Å². The third-order valence-corrected chi connectivity index (χ3v) is 4.25. The fraction of sp³-hybridized carbons (Fsp3) is 0.471. The van der Waals surface area contributed by atoms with Gasteiger partial charge in [-0.3, -0.25) is 4.79 Å². The summed E-state index contributed by atoms with van der Waals surface area (Å²) < 4.78 is 18.1. The number of likely N-dealkylation sites (tertiary alicyclic amines) is 1. The molecule has 0 aliphatic carbocycles. The number of carbonyl (C=O) groups is 1. The highest BCUT2D eigenvalue weighted by molar-refractivity contribution is 5.76. The average Bonchev–Trinajstić information content (AvgIpc) is 3.03. The molecule has 1 atom stereocenters. The number of aryl methyl sites for hydroxylation is 1. The van der Waals surface area contributed by atoms with Crippen LogP contribution in [-0.2, 0) is 11.2 Å². The predicted molar refractivity (Wildman–Crippen MR) is 83.0 cm³/mol. The molecule has 0 bridgehead atoms. The zero-order valence-electron chi connectivity index (χ0n) is 13.2. The quantitative estimate of drug-likeness (QED) is 0.869. The molecule has 1 aromatic heterocycles. The molecule has 5 nitrogen and oxygen atoms in total. The van der Waals surface area contributed by atoms with E-state index in [1.807, 2.05) is 4.90 Å². The predicted octanol–water partition coefficient (Wildman–Crippen LogP) is 3.21. The lowest BCUT2D eigenvalue weighted by molar-refractivity contribution is -0.134. The van der Waals surface area contributed by atoms with Crippen molar-refractivity contribution in [3.8, 4) is 11.4 Å². The van der Waals surface area contributed by atoms with Crippen LogP contribution in [-0.4, -0.2) is 33.5 Å². The van der Waals surface area contributed by atoms with Gasteiger partial charge in [0.25, 0.3) is 0 Å². The van der Waals surface area contributed by atoms with Crippen LogP contribution < -0.4 is 0 Å². The van der Waals surface area contributed by atoms with E-state index in [4.69, 9.17) is 4.52 Å². The Hall–Kier alpha value is -2.24. The summed E-state index contributed by atoms with van der Waals surface area (Å²) in [5.74, 6) is 0.679. The molecule has 1 saturated heterocycles. The number of rotatable bonds is 4. The number of carbonyl (C=O) groups excluding carboxylic acids is 1. The Balaban J connectivity index is 1.58. The van der Waals surface area contributed by atoms with Crippen molar-refractivity contribution in [2.75, 3.05) is 6.54 Å². The van der Waals surface area contributed by atoms with E-state index >= 15 is 0 Å². The normalized spacial score (nSPS) is 18.2. The molecule has 1 aliphatic heterocycles. The number of amides is 1. The van der Waals surface area contributed by atoms with Gasteiger partial charge < -0.3 is 9.42 Å². The molecule has 1 amide bonds. The molecular formula is C17H20FN3O2. The maximum absolute atomic E-state index is 12.9. The van der Waals surface area contributed by atoms with Crippen LogP contribution in [0.4, 0.5) is 4.39 Å². The summed E-state index contributed by atoms with van der Waals surface area (Å²) in [5, 5.41) is 3.89. The molecule has 23 heavy (non-hydrogen) atoms. The molecule has 6 heteroatoms. The van der Waals surface area contributed by atoms with Crippen LogP contribution in [0.15, 0.2) is 28.8 Å². The summed E-state index contributed by atoms with van der Waals surface area (Å²) in [6.45, 7) is 2.93. The molecule has 3 rings (SSSR count). The van der Waals surface area contributed by atoms with Gasteiger partial charge in [-0.1, -0.05) is 5.16 Å². The van der Waals surface area contributed by atoms with Gasteiger partial charge in [0.05, 0.1) is 0 Å². The lowest BCUT2D eigenvalue weighted by Crippen LogP contribution is -2.42. The Labute approximate surface area is 134 Å². The minimum Gasteiger partial charge on any atom is -0.340 e. The highest BCUT2D eigenvalue weighted by Gasteiger charge is 2.23. The number of hydrogen-bond donors (Lipinski definition) is 0.